The van der Waals surface area contributed by atoms with E-state index < -0.39 is 0 Å². The fraction of sp³-hybridized carbons (Fsp3) is 0. The van der Waals surface area contributed by atoms with Gasteiger partial charge >= 0.3 is 0 Å². The molecular formula is H3O3W-3. The third kappa shape index (κ3) is 19.6. The zero-order valence-corrected chi connectivity index (χ0v) is 4.68. The van der Waals surface area contributed by atoms with Crippen LogP contribution in [0, 0.1) is 0 Å². The van der Waals surface area contributed by atoms with Crippen LogP contribution in [0.2, 0.25) is 0 Å². The van der Waals surface area contributed by atoms with Crippen molar-refractivity contribution in [2.24, 2.45) is 0 Å². The van der Waals surface area contributed by atoms with Crippen LogP contribution in [0.25, 0.3) is 0 Å². The maximum absolute atomic E-state index is 0. The molecule has 3 nitrogen and oxygen atoms in total. The van der Waals surface area contributed by atoms with Crippen molar-refractivity contribution in [2.45, 2.75) is 0 Å². The molecule has 30 valence electrons. The predicted molar refractivity (Wildman–Crippen MR) is 5.81 cm³/mol. The van der Waals surface area contributed by atoms with Gasteiger partial charge in [-0.3, -0.25) is 0 Å². The van der Waals surface area contributed by atoms with Crippen LogP contribution in [-0.2, 0) is 21.1 Å². The number of rotatable bonds is 0. The minimum atomic E-state index is 0. The van der Waals surface area contributed by atoms with Crippen molar-refractivity contribution in [3.63, 3.8) is 0 Å². The molecule has 4 heavy (non-hydrogen) atoms. The molecule has 3 N–H and O–H groups in total. The molecule has 0 amide bonds. The Labute approximate surface area is 38.2 Å². The molecule has 0 saturated carbocycles. The van der Waals surface area contributed by atoms with Gasteiger partial charge in [-0.25, -0.2) is 0 Å². The summed E-state index contributed by atoms with van der Waals surface area (Å²) in [4.78, 5) is 0. The van der Waals surface area contributed by atoms with Gasteiger partial charge in [0.1, 0.15) is 0 Å². The molecule has 0 aromatic rings. The summed E-state index contributed by atoms with van der Waals surface area (Å²) >= 11 is 0. The van der Waals surface area contributed by atoms with Crippen molar-refractivity contribution in [1.29, 1.82) is 0 Å². The molecule has 0 aliphatic carbocycles. The Morgan fingerprint density at radius 2 is 0.500 bits per heavy atom. The second kappa shape index (κ2) is 72.9. The summed E-state index contributed by atoms with van der Waals surface area (Å²) in [7, 11) is 0. The van der Waals surface area contributed by atoms with E-state index in [4.69, 9.17) is 0 Å². The first-order valence-corrected chi connectivity index (χ1v) is 0. The number of hydrogen-bond acceptors (Lipinski definition) is 3. The van der Waals surface area contributed by atoms with Gasteiger partial charge in [-0.05, 0) is 0 Å². The molecular weight excluding hydrogens is 232 g/mol. The van der Waals surface area contributed by atoms with Crippen molar-refractivity contribution in [3.05, 3.63) is 0 Å². The fourth-order valence-electron chi connectivity index (χ4n) is 0. The third-order valence-corrected chi connectivity index (χ3v) is 0. The van der Waals surface area contributed by atoms with Gasteiger partial charge in [0.25, 0.3) is 0 Å². The summed E-state index contributed by atoms with van der Waals surface area (Å²) in [5.41, 5.74) is 0. The first kappa shape index (κ1) is 180. The molecule has 0 radical (unpaired) electrons. The summed E-state index contributed by atoms with van der Waals surface area (Å²) in [6, 6.07) is 0. The Hall–Kier alpha value is 0.568. The van der Waals surface area contributed by atoms with Crippen LogP contribution in [0.5, 0.6) is 0 Å². The van der Waals surface area contributed by atoms with Crippen molar-refractivity contribution >= 4 is 0 Å². The second-order valence-electron chi connectivity index (χ2n) is 0. The van der Waals surface area contributed by atoms with Gasteiger partial charge < -0.3 is 16.4 Å². The average molecular weight is 235 g/mol. The molecule has 0 unspecified atom stereocenters. The Morgan fingerprint density at radius 1 is 0.500 bits per heavy atom. The first-order chi connectivity index (χ1) is 0. The largest absolute Gasteiger partial charge is 0.870 e. The normalized spacial score (nSPS) is 0. The zero-order chi connectivity index (χ0) is 0. The van der Waals surface area contributed by atoms with Crippen molar-refractivity contribution in [2.75, 3.05) is 0 Å². The van der Waals surface area contributed by atoms with Crippen LogP contribution in [0.15, 0.2) is 0 Å². The fourth-order valence-corrected chi connectivity index (χ4v) is 0. The van der Waals surface area contributed by atoms with E-state index in [0.717, 1.165) is 0 Å². The first-order valence-electron chi connectivity index (χ1n) is 0. The summed E-state index contributed by atoms with van der Waals surface area (Å²) < 4.78 is 0. The van der Waals surface area contributed by atoms with Crippen molar-refractivity contribution in [3.8, 4) is 0 Å². The summed E-state index contributed by atoms with van der Waals surface area (Å²) in [6.07, 6.45) is 0. The van der Waals surface area contributed by atoms with E-state index in [1.54, 1.807) is 0 Å². The van der Waals surface area contributed by atoms with E-state index in [1.165, 1.54) is 0 Å². The van der Waals surface area contributed by atoms with E-state index in [0.29, 0.717) is 0 Å². The molecule has 0 atom stereocenters. The van der Waals surface area contributed by atoms with E-state index >= 15 is 0 Å². The molecule has 0 fully saturated rings. The zero-order valence-electron chi connectivity index (χ0n) is 1.75. The molecule has 0 aromatic carbocycles. The van der Waals surface area contributed by atoms with Crippen molar-refractivity contribution in [1.82, 2.24) is 0 Å². The topological polar surface area (TPSA) is 90.0 Å². The van der Waals surface area contributed by atoms with Crippen LogP contribution in [0.3, 0.4) is 0 Å². The van der Waals surface area contributed by atoms with E-state index in [9.17, 15) is 0 Å². The van der Waals surface area contributed by atoms with Gasteiger partial charge in [0.05, 0.1) is 0 Å². The Bertz CT molecular complexity index is 3.25. The van der Waals surface area contributed by atoms with Crippen LogP contribution < -0.4 is 0 Å². The van der Waals surface area contributed by atoms with Crippen molar-refractivity contribution < 1.29 is 37.5 Å². The maximum atomic E-state index is 0. The maximum Gasteiger partial charge on any atom is 0 e. The van der Waals surface area contributed by atoms with Gasteiger partial charge in [0, 0.05) is 21.1 Å². The molecule has 0 spiro atoms. The Morgan fingerprint density at radius 3 is 0.500 bits per heavy atom. The van der Waals surface area contributed by atoms with E-state index in [1.807, 2.05) is 0 Å². The van der Waals surface area contributed by atoms with Crippen LogP contribution >= 0.6 is 0 Å². The second-order valence-corrected chi connectivity index (χ2v) is 0. The van der Waals surface area contributed by atoms with Gasteiger partial charge in [-0.1, -0.05) is 0 Å². The van der Waals surface area contributed by atoms with Crippen LogP contribution in [0.1, 0.15) is 0 Å². The smallest absolute Gasteiger partial charge is 0 e. The molecule has 0 aromatic heterocycles. The average Bonchev–Trinajstić information content (AvgIpc) is 0. The molecule has 4 heteroatoms. The summed E-state index contributed by atoms with van der Waals surface area (Å²) in [5.74, 6) is 0. The summed E-state index contributed by atoms with van der Waals surface area (Å²) in [6.45, 7) is 0. The minimum absolute atomic E-state index is 0. The monoisotopic (exact) mass is 235 g/mol. The number of hydrogen-bond donors (Lipinski definition) is 0. The molecule has 0 bridgehead atoms. The van der Waals surface area contributed by atoms with Gasteiger partial charge in [0.2, 0.25) is 0 Å². The SMILES string of the molecule is [OH-].[OH-].[OH-].[W]. The van der Waals surface area contributed by atoms with Crippen LogP contribution in [0.4, 0.5) is 0 Å². The molecule has 0 heterocycles. The Balaban J connectivity index is 0. The van der Waals surface area contributed by atoms with Gasteiger partial charge in [0.15, 0.2) is 0 Å². The molecule has 0 rings (SSSR count). The quantitative estimate of drug-likeness (QED) is 0.564. The molecule has 0 saturated heterocycles. The van der Waals surface area contributed by atoms with Crippen LogP contribution in [-0.4, -0.2) is 16.4 Å². The summed E-state index contributed by atoms with van der Waals surface area (Å²) in [5, 5.41) is 0. The minimum Gasteiger partial charge on any atom is -0.870 e. The Kier molecular flexibility index (Phi) is 3280. The standard InChI is InChI=1S/3H2O.W/h3*1H2;/p-3. The molecule has 0 aliphatic heterocycles. The van der Waals surface area contributed by atoms with E-state index in [-0.39, 0.29) is 37.5 Å². The predicted octanol–water partition coefficient (Wildman–Crippen LogP) is -0.533. The van der Waals surface area contributed by atoms with Gasteiger partial charge in [-0.2, -0.15) is 0 Å². The third-order valence-electron chi connectivity index (χ3n) is 0. The molecule has 0 aliphatic rings. The van der Waals surface area contributed by atoms with Gasteiger partial charge in [-0.15, -0.1) is 0 Å². The van der Waals surface area contributed by atoms with E-state index in [2.05, 4.69) is 0 Å².